The molecule has 0 heterocycles. The van der Waals surface area contributed by atoms with Crippen LogP contribution in [-0.2, 0) is 38.1 Å². The molecule has 4 aromatic rings. The van der Waals surface area contributed by atoms with Crippen LogP contribution in [0.2, 0.25) is 0 Å². The quantitative estimate of drug-likeness (QED) is 0.0440. The van der Waals surface area contributed by atoms with E-state index in [0.717, 1.165) is 30.6 Å². The molecule has 0 unspecified atom stereocenters. The summed E-state index contributed by atoms with van der Waals surface area (Å²) in [6.07, 6.45) is -0.793. The second kappa shape index (κ2) is 20.4. The van der Waals surface area contributed by atoms with Gasteiger partial charge in [0.15, 0.2) is 0 Å². The number of ether oxygens (including phenoxy) is 4. The lowest BCUT2D eigenvalue weighted by molar-refractivity contribution is -0.153. The average molecular weight is 803 g/mol. The minimum atomic E-state index is -0.643. The third-order valence-electron chi connectivity index (χ3n) is 7.95. The molecule has 0 saturated heterocycles. The number of carbonyl (C=O) groups excluding carboxylic acids is 4. The Hall–Kier alpha value is -4.36. The zero-order valence-corrected chi connectivity index (χ0v) is 33.8. The molecule has 0 amide bonds. The molecule has 0 aromatic heterocycles. The Kier molecular flexibility index (Phi) is 16.0. The van der Waals surface area contributed by atoms with Gasteiger partial charge in [-0.1, -0.05) is 85.1 Å². The topological polar surface area (TPSA) is 105 Å². The highest BCUT2D eigenvalue weighted by molar-refractivity contribution is 8.24. The smallest absolute Gasteiger partial charge is 0.311 e. The number of hydrogen-bond donors (Lipinski definition) is 0. The number of thiocarbonyl (C=S) groups is 2. The lowest BCUT2D eigenvalue weighted by Gasteiger charge is -2.25. The van der Waals surface area contributed by atoms with Crippen LogP contribution in [-0.4, -0.2) is 45.5 Å². The highest BCUT2D eigenvalue weighted by Crippen LogP contribution is 2.39. The van der Waals surface area contributed by atoms with Crippen molar-refractivity contribution in [1.29, 1.82) is 0 Å². The third kappa shape index (κ3) is 13.8. The molecule has 12 heteroatoms. The number of rotatable bonds is 17. The summed E-state index contributed by atoms with van der Waals surface area (Å²) in [5.41, 5.74) is 4.00. The van der Waals surface area contributed by atoms with Gasteiger partial charge in [0, 0.05) is 9.49 Å². The number of esters is 4. The van der Waals surface area contributed by atoms with E-state index < -0.39 is 23.9 Å². The van der Waals surface area contributed by atoms with Gasteiger partial charge in [-0.3, -0.25) is 19.2 Å². The number of carbonyl (C=O) groups is 4. The van der Waals surface area contributed by atoms with E-state index in [1.165, 1.54) is 0 Å². The predicted octanol–water partition coefficient (Wildman–Crippen LogP) is 9.53. The Morgan fingerprint density at radius 2 is 0.796 bits per heavy atom. The molecule has 0 aliphatic rings. The summed E-state index contributed by atoms with van der Waals surface area (Å²) in [5, 5.41) is 0. The molecular weight excluding hydrogens is 761 g/mol. The van der Waals surface area contributed by atoms with Crippen molar-refractivity contribution < 1.29 is 38.1 Å². The van der Waals surface area contributed by atoms with Crippen molar-refractivity contribution in [2.24, 2.45) is 0 Å². The van der Waals surface area contributed by atoms with Crippen molar-refractivity contribution in [3.05, 3.63) is 131 Å². The van der Waals surface area contributed by atoms with E-state index in [1.54, 1.807) is 72.1 Å². The van der Waals surface area contributed by atoms with Crippen LogP contribution in [0.1, 0.15) is 75.6 Å². The Morgan fingerprint density at radius 1 is 0.481 bits per heavy atom. The van der Waals surface area contributed by atoms with Gasteiger partial charge in [-0.05, 0) is 98.5 Å². The highest BCUT2D eigenvalue weighted by Gasteiger charge is 2.25. The molecule has 0 spiro atoms. The largest absolute Gasteiger partial charge is 0.462 e. The van der Waals surface area contributed by atoms with Gasteiger partial charge < -0.3 is 18.9 Å². The molecule has 8 nitrogen and oxygen atoms in total. The maximum Gasteiger partial charge on any atom is 0.311 e. The molecule has 0 aliphatic carbocycles. The van der Waals surface area contributed by atoms with Gasteiger partial charge >= 0.3 is 23.9 Å². The number of benzene rings is 4. The Morgan fingerprint density at radius 3 is 1.13 bits per heavy atom. The van der Waals surface area contributed by atoms with Crippen LogP contribution in [0, 0.1) is 0 Å². The van der Waals surface area contributed by atoms with Gasteiger partial charge in [0.25, 0.3) is 0 Å². The average Bonchev–Trinajstić information content (AvgIpc) is 3.16. The second-order valence-corrected chi connectivity index (χ2v) is 17.6. The van der Waals surface area contributed by atoms with E-state index in [4.69, 9.17) is 43.4 Å². The van der Waals surface area contributed by atoms with Gasteiger partial charge in [0.05, 0.1) is 34.1 Å². The lowest BCUT2D eigenvalue weighted by atomic mass is 10.0. The van der Waals surface area contributed by atoms with Crippen molar-refractivity contribution in [3.8, 4) is 11.5 Å². The molecule has 54 heavy (non-hydrogen) atoms. The summed E-state index contributed by atoms with van der Waals surface area (Å²) in [6, 6.07) is 34.0. The van der Waals surface area contributed by atoms with Crippen molar-refractivity contribution in [1.82, 2.24) is 0 Å². The summed E-state index contributed by atoms with van der Waals surface area (Å²) >= 11 is 14.5. The van der Waals surface area contributed by atoms with Crippen molar-refractivity contribution in [2.75, 3.05) is 13.2 Å². The van der Waals surface area contributed by atoms with Crippen LogP contribution >= 0.6 is 48.0 Å². The Balaban J connectivity index is 1.06. The molecule has 0 radical (unpaired) electrons. The first-order valence-electron chi connectivity index (χ1n) is 17.2. The monoisotopic (exact) mass is 802 g/mol. The van der Waals surface area contributed by atoms with E-state index in [1.807, 2.05) is 36.4 Å². The van der Waals surface area contributed by atoms with Gasteiger partial charge in [-0.25, -0.2) is 0 Å². The second-order valence-electron chi connectivity index (χ2n) is 13.0. The van der Waals surface area contributed by atoms with Crippen LogP contribution in [0.15, 0.2) is 109 Å². The Bertz CT molecular complexity index is 1770. The molecule has 0 saturated carbocycles. The van der Waals surface area contributed by atoms with Crippen molar-refractivity contribution >= 4 is 80.2 Å². The fourth-order valence-corrected chi connectivity index (χ4v) is 8.39. The number of hydrogen-bond acceptors (Lipinski definition) is 12. The van der Waals surface area contributed by atoms with Crippen LogP contribution in [0.5, 0.6) is 11.5 Å². The van der Waals surface area contributed by atoms with E-state index in [0.29, 0.717) is 11.5 Å². The Labute approximate surface area is 335 Å². The maximum absolute atomic E-state index is 12.3. The molecule has 282 valence electrons. The molecular formula is C42H42O8S4. The SMILES string of the molecule is CC(C)(SC(=S)c1ccc(OC(=O)CCC(=O)OCCOC(=O)CCC(=O)Oc2ccc(C(=S)SC(C)(C)c3ccccc3)cc2)cc1)c1ccccc1. The fraction of sp³-hybridized carbons (Fsp3) is 0.286. The first-order chi connectivity index (χ1) is 25.7. The van der Waals surface area contributed by atoms with Gasteiger partial charge in [0.1, 0.15) is 24.7 Å². The molecule has 0 fully saturated rings. The van der Waals surface area contributed by atoms with E-state index >= 15 is 0 Å². The zero-order valence-electron chi connectivity index (χ0n) is 30.5. The van der Waals surface area contributed by atoms with Crippen molar-refractivity contribution in [2.45, 2.75) is 62.9 Å². The maximum atomic E-state index is 12.3. The molecule has 4 rings (SSSR count). The minimum Gasteiger partial charge on any atom is -0.462 e. The van der Waals surface area contributed by atoms with Crippen LogP contribution in [0.3, 0.4) is 0 Å². The number of thioether (sulfide) groups is 2. The lowest BCUT2D eigenvalue weighted by Crippen LogP contribution is -2.17. The third-order valence-corrected chi connectivity index (χ3v) is 11.3. The van der Waals surface area contributed by atoms with Gasteiger partial charge in [-0.2, -0.15) is 0 Å². The predicted molar refractivity (Wildman–Crippen MR) is 222 cm³/mol. The van der Waals surface area contributed by atoms with Crippen LogP contribution in [0.4, 0.5) is 0 Å². The molecule has 4 aromatic carbocycles. The standard InChI is InChI=1S/C42H42O8S4/c1-41(2,31-11-7-5-8-12-31)53-39(51)29-15-19-33(20-16-29)49-37(45)25-23-35(43)47-27-28-48-36(44)24-26-38(46)50-34-21-17-30(18-22-34)40(52)54-42(3,4)32-13-9-6-10-14-32/h5-22H,23-28H2,1-4H3. The van der Waals surface area contributed by atoms with Gasteiger partial charge in [-0.15, -0.1) is 23.5 Å². The van der Waals surface area contributed by atoms with Crippen molar-refractivity contribution in [3.63, 3.8) is 0 Å². The summed E-state index contributed by atoms with van der Waals surface area (Å²) in [4.78, 5) is 48.8. The van der Waals surface area contributed by atoms with E-state index in [2.05, 4.69) is 52.0 Å². The molecule has 0 N–H and O–H groups in total. The van der Waals surface area contributed by atoms with E-state index in [9.17, 15) is 19.2 Å². The zero-order chi connectivity index (χ0) is 39.1. The first kappa shape index (κ1) is 42.4. The highest BCUT2D eigenvalue weighted by atomic mass is 32.2. The normalized spacial score (nSPS) is 11.3. The summed E-state index contributed by atoms with van der Waals surface area (Å²) in [7, 11) is 0. The van der Waals surface area contributed by atoms with E-state index in [-0.39, 0.29) is 48.4 Å². The van der Waals surface area contributed by atoms with Gasteiger partial charge in [0.2, 0.25) is 0 Å². The molecule has 0 aliphatic heterocycles. The summed E-state index contributed by atoms with van der Waals surface area (Å²) < 4.78 is 21.8. The summed E-state index contributed by atoms with van der Waals surface area (Å²) in [6.45, 7) is 8.06. The fourth-order valence-electron chi connectivity index (χ4n) is 4.92. The van der Waals surface area contributed by atoms with Crippen LogP contribution < -0.4 is 9.47 Å². The minimum absolute atomic E-state index is 0.192. The molecule has 0 bridgehead atoms. The van der Waals surface area contributed by atoms with Crippen LogP contribution in [0.25, 0.3) is 0 Å². The first-order valence-corrected chi connectivity index (χ1v) is 19.7. The summed E-state index contributed by atoms with van der Waals surface area (Å²) in [5.74, 6) is -1.81. The molecule has 0 atom stereocenters.